The largest absolute Gasteiger partial charge is 0.497 e. The Kier molecular flexibility index (Phi) is 4.08. The fourth-order valence-corrected chi connectivity index (χ4v) is 5.23. The summed E-state index contributed by atoms with van der Waals surface area (Å²) in [6.07, 6.45) is 1.63. The normalized spacial score (nSPS) is 19.4. The number of methoxy groups -OCH3 is 1. The van der Waals surface area contributed by atoms with Gasteiger partial charge in [0.1, 0.15) is 11.6 Å². The van der Waals surface area contributed by atoms with Crippen molar-refractivity contribution in [3.05, 3.63) is 29.8 Å². The van der Waals surface area contributed by atoms with E-state index in [1.54, 1.807) is 11.4 Å². The summed E-state index contributed by atoms with van der Waals surface area (Å²) in [6.45, 7) is 4.50. The molecular weight excluding hydrogens is 338 g/mol. The van der Waals surface area contributed by atoms with E-state index in [-0.39, 0.29) is 5.25 Å². The van der Waals surface area contributed by atoms with Crippen molar-refractivity contribution in [2.75, 3.05) is 38.2 Å². The van der Waals surface area contributed by atoms with Gasteiger partial charge in [-0.15, -0.1) is 0 Å². The second kappa shape index (κ2) is 6.14. The third-order valence-corrected chi connectivity index (χ3v) is 7.48. The van der Waals surface area contributed by atoms with E-state index >= 15 is 0 Å². The number of piperazine rings is 1. The highest BCUT2D eigenvalue weighted by Gasteiger charge is 2.41. The molecule has 1 aliphatic heterocycles. The molecule has 1 aromatic carbocycles. The van der Waals surface area contributed by atoms with Crippen molar-refractivity contribution in [1.29, 1.82) is 0 Å². The predicted octanol–water partition coefficient (Wildman–Crippen LogP) is 2.17. The summed E-state index contributed by atoms with van der Waals surface area (Å²) in [6, 6.07) is 8.00. The highest BCUT2D eigenvalue weighted by molar-refractivity contribution is 7.90. The molecule has 0 N–H and O–H groups in total. The molecule has 7 heteroatoms. The topological polar surface area (TPSA) is 62.7 Å². The summed E-state index contributed by atoms with van der Waals surface area (Å²) in [4.78, 5) is 6.95. The van der Waals surface area contributed by atoms with Gasteiger partial charge >= 0.3 is 0 Å². The summed E-state index contributed by atoms with van der Waals surface area (Å²) in [5.74, 6) is 1.69. The highest BCUT2D eigenvalue weighted by atomic mass is 32.2. The Morgan fingerprint density at radius 2 is 1.84 bits per heavy atom. The lowest BCUT2D eigenvalue weighted by Crippen LogP contribution is -2.49. The lowest BCUT2D eigenvalue weighted by atomic mass is 10.1. The maximum absolute atomic E-state index is 12.4. The van der Waals surface area contributed by atoms with Gasteiger partial charge in [-0.3, -0.25) is 0 Å². The molecule has 2 aliphatic rings. The number of fused-ring (bicyclic) bond motifs is 1. The molecule has 6 nitrogen and oxygen atoms in total. The number of anilines is 1. The molecule has 4 rings (SSSR count). The van der Waals surface area contributed by atoms with Crippen molar-refractivity contribution in [3.63, 3.8) is 0 Å². The molecule has 1 aliphatic carbocycles. The summed E-state index contributed by atoms with van der Waals surface area (Å²) in [5, 5.41) is 0.979. The maximum atomic E-state index is 12.4. The lowest BCUT2D eigenvalue weighted by Gasteiger charge is -2.35. The molecule has 2 aromatic rings. The van der Waals surface area contributed by atoms with Gasteiger partial charge in [-0.2, -0.15) is 4.31 Å². The van der Waals surface area contributed by atoms with E-state index in [1.165, 1.54) is 0 Å². The zero-order valence-electron chi connectivity index (χ0n) is 14.6. The van der Waals surface area contributed by atoms with E-state index < -0.39 is 10.0 Å². The molecule has 0 atom stereocenters. The molecular formula is C18H23N3O3S. The van der Waals surface area contributed by atoms with Crippen LogP contribution in [0.3, 0.4) is 0 Å². The van der Waals surface area contributed by atoms with Crippen LogP contribution in [0, 0.1) is 6.92 Å². The van der Waals surface area contributed by atoms with Crippen LogP contribution in [-0.2, 0) is 10.0 Å². The van der Waals surface area contributed by atoms with Crippen molar-refractivity contribution in [3.8, 4) is 5.75 Å². The Morgan fingerprint density at radius 3 is 2.48 bits per heavy atom. The van der Waals surface area contributed by atoms with Crippen LogP contribution in [0.15, 0.2) is 24.3 Å². The van der Waals surface area contributed by atoms with Crippen molar-refractivity contribution >= 4 is 26.7 Å². The number of nitrogens with zero attached hydrogens (tertiary/aromatic N) is 3. The fraction of sp³-hybridized carbons (Fsp3) is 0.500. The van der Waals surface area contributed by atoms with Crippen molar-refractivity contribution in [1.82, 2.24) is 9.29 Å². The SMILES string of the molecule is COc1ccc2c(C)cc(N3CCN(S(=O)(=O)C4CC4)CC3)nc2c1. The van der Waals surface area contributed by atoms with E-state index in [0.29, 0.717) is 26.2 Å². The quantitative estimate of drug-likeness (QED) is 0.835. The van der Waals surface area contributed by atoms with Crippen LogP contribution >= 0.6 is 0 Å². The number of hydrogen-bond acceptors (Lipinski definition) is 5. The second-order valence-electron chi connectivity index (χ2n) is 6.81. The molecule has 134 valence electrons. The van der Waals surface area contributed by atoms with Gasteiger partial charge < -0.3 is 9.64 Å². The molecule has 1 saturated carbocycles. The molecule has 1 aromatic heterocycles. The van der Waals surface area contributed by atoms with Crippen LogP contribution in [0.25, 0.3) is 10.9 Å². The first-order chi connectivity index (χ1) is 12.0. The van der Waals surface area contributed by atoms with Crippen LogP contribution in [0.2, 0.25) is 0 Å². The molecule has 0 spiro atoms. The second-order valence-corrected chi connectivity index (χ2v) is 9.02. The van der Waals surface area contributed by atoms with Gasteiger partial charge in [0.15, 0.2) is 0 Å². The van der Waals surface area contributed by atoms with Crippen molar-refractivity contribution in [2.24, 2.45) is 0 Å². The van der Waals surface area contributed by atoms with Crippen LogP contribution in [0.5, 0.6) is 5.75 Å². The average molecular weight is 361 g/mol. The number of rotatable bonds is 4. The number of aromatic nitrogens is 1. The Bertz CT molecular complexity index is 901. The molecule has 0 amide bonds. The van der Waals surface area contributed by atoms with Crippen molar-refractivity contribution < 1.29 is 13.2 Å². The minimum atomic E-state index is -3.08. The standard InChI is InChI=1S/C18H23N3O3S/c1-13-11-18(19-17-12-14(24-2)3-6-16(13)17)20-7-9-21(10-8-20)25(22,23)15-4-5-15/h3,6,11-12,15H,4-5,7-10H2,1-2H3. The number of hydrogen-bond donors (Lipinski definition) is 0. The first-order valence-corrected chi connectivity index (χ1v) is 10.2. The van der Waals surface area contributed by atoms with Crippen molar-refractivity contribution in [2.45, 2.75) is 25.0 Å². The van der Waals surface area contributed by atoms with Gasteiger partial charge in [0.05, 0.1) is 17.9 Å². The van der Waals surface area contributed by atoms with Gasteiger partial charge in [0, 0.05) is 37.6 Å². The first kappa shape index (κ1) is 16.6. The van der Waals surface area contributed by atoms with Gasteiger partial charge in [0.25, 0.3) is 0 Å². The van der Waals surface area contributed by atoms with E-state index in [0.717, 1.165) is 40.9 Å². The summed E-state index contributed by atoms with van der Waals surface area (Å²) < 4.78 is 31.7. The minimum absolute atomic E-state index is 0.132. The number of ether oxygens (including phenoxy) is 1. The van der Waals surface area contributed by atoms with E-state index in [9.17, 15) is 8.42 Å². The average Bonchev–Trinajstić information content (AvgIpc) is 3.47. The maximum Gasteiger partial charge on any atom is 0.217 e. The van der Waals surface area contributed by atoms with Crippen LogP contribution in [0.4, 0.5) is 5.82 Å². The van der Waals surface area contributed by atoms with Gasteiger partial charge in [-0.1, -0.05) is 0 Å². The van der Waals surface area contributed by atoms with Crippen LogP contribution in [0.1, 0.15) is 18.4 Å². The van der Waals surface area contributed by atoms with Gasteiger partial charge in [-0.05, 0) is 43.5 Å². The zero-order valence-corrected chi connectivity index (χ0v) is 15.4. The van der Waals surface area contributed by atoms with E-state index in [1.807, 2.05) is 18.2 Å². The Morgan fingerprint density at radius 1 is 1.12 bits per heavy atom. The van der Waals surface area contributed by atoms with E-state index in [2.05, 4.69) is 17.9 Å². The minimum Gasteiger partial charge on any atom is -0.497 e. The highest BCUT2D eigenvalue weighted by Crippen LogP contribution is 2.32. The molecule has 0 radical (unpaired) electrons. The number of sulfonamides is 1. The zero-order chi connectivity index (χ0) is 17.6. The Hall–Kier alpha value is -1.86. The summed E-state index contributed by atoms with van der Waals surface area (Å²) in [7, 11) is -1.43. The first-order valence-electron chi connectivity index (χ1n) is 8.68. The third kappa shape index (κ3) is 3.06. The molecule has 2 heterocycles. The Labute approximate surface area is 148 Å². The molecule has 0 bridgehead atoms. The Balaban J connectivity index is 1.56. The summed E-state index contributed by atoms with van der Waals surface area (Å²) >= 11 is 0. The monoisotopic (exact) mass is 361 g/mol. The molecule has 25 heavy (non-hydrogen) atoms. The van der Waals surface area contributed by atoms with Crippen LogP contribution in [-0.4, -0.2) is 56.2 Å². The van der Waals surface area contributed by atoms with Gasteiger partial charge in [0.2, 0.25) is 10.0 Å². The van der Waals surface area contributed by atoms with Crippen LogP contribution < -0.4 is 9.64 Å². The predicted molar refractivity (Wildman–Crippen MR) is 98.8 cm³/mol. The number of aryl methyl sites for hydroxylation is 1. The smallest absolute Gasteiger partial charge is 0.217 e. The van der Waals surface area contributed by atoms with E-state index in [4.69, 9.17) is 9.72 Å². The number of benzene rings is 1. The summed E-state index contributed by atoms with van der Waals surface area (Å²) in [5.41, 5.74) is 2.07. The number of pyridine rings is 1. The third-order valence-electron chi connectivity index (χ3n) is 5.08. The molecule has 0 unspecified atom stereocenters. The molecule has 1 saturated heterocycles. The lowest BCUT2D eigenvalue weighted by molar-refractivity contribution is 0.383. The fourth-order valence-electron chi connectivity index (χ4n) is 3.40. The molecule has 2 fully saturated rings. The van der Waals surface area contributed by atoms with Gasteiger partial charge in [-0.25, -0.2) is 13.4 Å².